The fraction of sp³-hybridized carbons (Fsp3) is 0.346. The van der Waals surface area contributed by atoms with Crippen LogP contribution < -0.4 is 4.90 Å². The van der Waals surface area contributed by atoms with Crippen LogP contribution in [0.25, 0.3) is 16.0 Å². The molecule has 1 atom stereocenters. The molecule has 5 rings (SSSR count). The predicted molar refractivity (Wildman–Crippen MR) is 134 cm³/mol. The van der Waals surface area contributed by atoms with E-state index < -0.39 is 0 Å². The van der Waals surface area contributed by atoms with E-state index in [2.05, 4.69) is 36.1 Å². The van der Waals surface area contributed by atoms with Gasteiger partial charge >= 0.3 is 0 Å². The molecule has 1 aliphatic heterocycles. The van der Waals surface area contributed by atoms with Crippen molar-refractivity contribution in [3.05, 3.63) is 71.4 Å². The standard InChI is InChI=1S/C26H29N5OS/c1-18-9-7-12-22(17-18)31-24-23(20(3)28-31)33-26(27-24)30-14-8-13-29(15-16-30)25(32)19(2)21-10-5-4-6-11-21/h4-7,9-12,17,19H,8,13-16H2,1-3H3/t19-/m1/s1. The zero-order valence-electron chi connectivity index (χ0n) is 19.4. The van der Waals surface area contributed by atoms with Crippen molar-refractivity contribution >= 4 is 32.7 Å². The summed E-state index contributed by atoms with van der Waals surface area (Å²) >= 11 is 1.70. The molecule has 0 aliphatic carbocycles. The van der Waals surface area contributed by atoms with E-state index in [0.717, 1.165) is 65.0 Å². The molecule has 33 heavy (non-hydrogen) atoms. The van der Waals surface area contributed by atoms with E-state index in [0.29, 0.717) is 0 Å². The highest BCUT2D eigenvalue weighted by Gasteiger charge is 2.26. The van der Waals surface area contributed by atoms with Crippen molar-refractivity contribution in [2.75, 3.05) is 31.1 Å². The quantitative estimate of drug-likeness (QED) is 0.434. The Balaban J connectivity index is 1.35. The molecule has 1 amide bonds. The molecular weight excluding hydrogens is 430 g/mol. The number of hydrogen-bond donors (Lipinski definition) is 0. The van der Waals surface area contributed by atoms with Gasteiger partial charge < -0.3 is 9.80 Å². The Kier molecular flexibility index (Phi) is 5.89. The van der Waals surface area contributed by atoms with Gasteiger partial charge in [-0.2, -0.15) is 10.1 Å². The number of carbonyl (C=O) groups is 1. The van der Waals surface area contributed by atoms with E-state index in [4.69, 9.17) is 10.1 Å². The van der Waals surface area contributed by atoms with E-state index >= 15 is 0 Å². The number of benzene rings is 2. The third kappa shape index (κ3) is 4.25. The summed E-state index contributed by atoms with van der Waals surface area (Å²) in [4.78, 5) is 22.5. The number of fused-ring (bicyclic) bond motifs is 1. The third-order valence-electron chi connectivity index (χ3n) is 6.37. The molecule has 6 nitrogen and oxygen atoms in total. The van der Waals surface area contributed by atoms with Crippen molar-refractivity contribution in [1.82, 2.24) is 19.7 Å². The Bertz CT molecular complexity index is 1280. The summed E-state index contributed by atoms with van der Waals surface area (Å²) < 4.78 is 3.08. The van der Waals surface area contributed by atoms with Gasteiger partial charge in [0.25, 0.3) is 0 Å². The first-order chi connectivity index (χ1) is 16.0. The van der Waals surface area contributed by atoms with Gasteiger partial charge in [0.2, 0.25) is 5.91 Å². The second-order valence-electron chi connectivity index (χ2n) is 8.78. The second kappa shape index (κ2) is 8.98. The zero-order valence-corrected chi connectivity index (χ0v) is 20.2. The van der Waals surface area contributed by atoms with E-state index in [1.807, 2.05) is 53.8 Å². The van der Waals surface area contributed by atoms with Crippen LogP contribution in [-0.2, 0) is 4.79 Å². The van der Waals surface area contributed by atoms with Crippen LogP contribution in [0.2, 0.25) is 0 Å². The lowest BCUT2D eigenvalue weighted by Gasteiger charge is -2.25. The molecule has 1 saturated heterocycles. The van der Waals surface area contributed by atoms with Crippen LogP contribution in [0, 0.1) is 13.8 Å². The highest BCUT2D eigenvalue weighted by molar-refractivity contribution is 7.22. The first-order valence-corrected chi connectivity index (χ1v) is 12.3. The van der Waals surface area contributed by atoms with Gasteiger partial charge in [-0.3, -0.25) is 4.79 Å². The summed E-state index contributed by atoms with van der Waals surface area (Å²) in [6.07, 6.45) is 0.937. The first-order valence-electron chi connectivity index (χ1n) is 11.5. The Morgan fingerprint density at radius 2 is 1.82 bits per heavy atom. The molecule has 0 radical (unpaired) electrons. The van der Waals surface area contributed by atoms with Crippen LogP contribution in [0.4, 0.5) is 5.13 Å². The summed E-state index contributed by atoms with van der Waals surface area (Å²) in [6.45, 7) is 9.34. The third-order valence-corrected chi connectivity index (χ3v) is 7.59. The SMILES string of the molecule is Cc1cccc(-n2nc(C)c3sc(N4CCCN(C(=O)[C@H](C)c5ccccc5)CC4)nc32)c1. The van der Waals surface area contributed by atoms with Crippen LogP contribution in [0.5, 0.6) is 0 Å². The lowest BCUT2D eigenvalue weighted by molar-refractivity contribution is -0.132. The number of rotatable bonds is 4. The topological polar surface area (TPSA) is 54.3 Å². The van der Waals surface area contributed by atoms with E-state index in [1.54, 1.807) is 11.3 Å². The van der Waals surface area contributed by atoms with Gasteiger partial charge in [-0.1, -0.05) is 53.8 Å². The second-order valence-corrected chi connectivity index (χ2v) is 9.76. The Morgan fingerprint density at radius 3 is 2.61 bits per heavy atom. The van der Waals surface area contributed by atoms with Crippen molar-refractivity contribution in [1.29, 1.82) is 0 Å². The smallest absolute Gasteiger partial charge is 0.229 e. The van der Waals surface area contributed by atoms with Crippen molar-refractivity contribution in [2.45, 2.75) is 33.1 Å². The largest absolute Gasteiger partial charge is 0.346 e. The molecule has 2 aromatic carbocycles. The van der Waals surface area contributed by atoms with Crippen molar-refractivity contribution in [2.24, 2.45) is 0 Å². The molecule has 0 N–H and O–H groups in total. The number of anilines is 1. The highest BCUT2D eigenvalue weighted by Crippen LogP contribution is 2.33. The van der Waals surface area contributed by atoms with Gasteiger partial charge in [-0.25, -0.2) is 4.68 Å². The molecule has 0 spiro atoms. The Labute approximate surface area is 198 Å². The maximum atomic E-state index is 13.2. The van der Waals surface area contributed by atoms with E-state index in [1.165, 1.54) is 5.56 Å². The Morgan fingerprint density at radius 1 is 1.00 bits per heavy atom. The minimum absolute atomic E-state index is 0.122. The number of hydrogen-bond acceptors (Lipinski definition) is 5. The van der Waals surface area contributed by atoms with Crippen LogP contribution in [0.15, 0.2) is 54.6 Å². The molecular formula is C26H29N5OS. The zero-order chi connectivity index (χ0) is 22.9. The average Bonchev–Trinajstić information content (AvgIpc) is 3.29. The predicted octanol–water partition coefficient (Wildman–Crippen LogP) is 4.94. The number of aromatic nitrogens is 3. The van der Waals surface area contributed by atoms with Gasteiger partial charge in [0, 0.05) is 26.2 Å². The van der Waals surface area contributed by atoms with Gasteiger partial charge in [0.15, 0.2) is 10.8 Å². The Hall–Kier alpha value is -3.19. The number of nitrogens with zero attached hydrogens (tertiary/aromatic N) is 5. The molecule has 1 aliphatic rings. The van der Waals surface area contributed by atoms with Gasteiger partial charge in [-0.05, 0) is 50.5 Å². The fourth-order valence-electron chi connectivity index (χ4n) is 4.49. The molecule has 0 unspecified atom stereocenters. The molecule has 3 heterocycles. The molecule has 2 aromatic heterocycles. The minimum Gasteiger partial charge on any atom is -0.346 e. The minimum atomic E-state index is -0.122. The molecule has 7 heteroatoms. The molecule has 1 fully saturated rings. The van der Waals surface area contributed by atoms with Crippen LogP contribution in [0.1, 0.15) is 36.1 Å². The summed E-state index contributed by atoms with van der Waals surface area (Å²) in [7, 11) is 0. The summed E-state index contributed by atoms with van der Waals surface area (Å²) in [5.41, 5.74) is 5.22. The number of aryl methyl sites for hydroxylation is 2. The first kappa shape index (κ1) is 21.6. The number of carbonyl (C=O) groups excluding carboxylic acids is 1. The summed E-state index contributed by atoms with van der Waals surface area (Å²) in [6, 6.07) is 18.4. The van der Waals surface area contributed by atoms with Crippen LogP contribution in [-0.4, -0.2) is 51.8 Å². The normalized spacial score (nSPS) is 15.6. The van der Waals surface area contributed by atoms with Crippen LogP contribution in [0.3, 0.4) is 0 Å². The number of thiazole rings is 1. The van der Waals surface area contributed by atoms with E-state index in [9.17, 15) is 4.79 Å². The monoisotopic (exact) mass is 459 g/mol. The summed E-state index contributed by atoms with van der Waals surface area (Å²) in [5.74, 6) is 0.0847. The maximum absolute atomic E-state index is 13.2. The fourth-order valence-corrected chi connectivity index (χ4v) is 5.52. The maximum Gasteiger partial charge on any atom is 0.229 e. The van der Waals surface area contributed by atoms with E-state index in [-0.39, 0.29) is 11.8 Å². The molecule has 4 aromatic rings. The molecule has 0 bridgehead atoms. The van der Waals surface area contributed by atoms with Gasteiger partial charge in [0.05, 0.1) is 22.0 Å². The van der Waals surface area contributed by atoms with Crippen molar-refractivity contribution in [3.63, 3.8) is 0 Å². The lowest BCUT2D eigenvalue weighted by Crippen LogP contribution is -2.37. The van der Waals surface area contributed by atoms with Crippen molar-refractivity contribution < 1.29 is 4.79 Å². The van der Waals surface area contributed by atoms with Gasteiger partial charge in [0.1, 0.15) is 0 Å². The average molecular weight is 460 g/mol. The van der Waals surface area contributed by atoms with Crippen molar-refractivity contribution in [3.8, 4) is 5.69 Å². The highest BCUT2D eigenvalue weighted by atomic mass is 32.1. The van der Waals surface area contributed by atoms with Crippen LogP contribution >= 0.6 is 11.3 Å². The number of amides is 1. The lowest BCUT2D eigenvalue weighted by atomic mass is 10.00. The summed E-state index contributed by atoms with van der Waals surface area (Å²) in [5, 5.41) is 5.75. The molecule has 170 valence electrons. The van der Waals surface area contributed by atoms with Gasteiger partial charge in [-0.15, -0.1) is 0 Å². The molecule has 0 saturated carbocycles.